The summed E-state index contributed by atoms with van der Waals surface area (Å²) in [6.07, 6.45) is 0. The second-order valence-corrected chi connectivity index (χ2v) is 8.50. The Morgan fingerprint density at radius 2 is 1.88 bits per heavy atom. The molecular formula is C25H24ClFN4O3. The number of nitrogens with one attached hydrogen (secondary N) is 1. The highest BCUT2D eigenvalue weighted by Gasteiger charge is 2.22. The molecule has 0 saturated heterocycles. The van der Waals surface area contributed by atoms with Gasteiger partial charge in [-0.1, -0.05) is 41.0 Å². The fourth-order valence-corrected chi connectivity index (χ4v) is 3.86. The summed E-state index contributed by atoms with van der Waals surface area (Å²) in [6, 6.07) is 11.8. The normalized spacial score (nSPS) is 11.0. The van der Waals surface area contributed by atoms with Crippen LogP contribution in [-0.2, 0) is 13.2 Å². The Morgan fingerprint density at radius 3 is 2.59 bits per heavy atom. The number of nitrogens with zero attached hydrogens (tertiary/aromatic N) is 3. The molecule has 4 rings (SSSR count). The molecule has 34 heavy (non-hydrogen) atoms. The van der Waals surface area contributed by atoms with Gasteiger partial charge in [-0.15, -0.1) is 0 Å². The summed E-state index contributed by atoms with van der Waals surface area (Å²) >= 11 is 6.13. The molecular weight excluding hydrogens is 459 g/mol. The van der Waals surface area contributed by atoms with Gasteiger partial charge in [0.15, 0.2) is 11.5 Å². The lowest BCUT2D eigenvalue weighted by Gasteiger charge is -2.12. The highest BCUT2D eigenvalue weighted by Crippen LogP contribution is 2.25. The molecule has 9 heteroatoms. The highest BCUT2D eigenvalue weighted by atomic mass is 35.5. The highest BCUT2D eigenvalue weighted by molar-refractivity contribution is 6.31. The number of aromatic nitrogens is 3. The van der Waals surface area contributed by atoms with E-state index in [1.807, 2.05) is 39.0 Å². The molecule has 4 aromatic rings. The van der Waals surface area contributed by atoms with E-state index in [2.05, 4.69) is 15.6 Å². The van der Waals surface area contributed by atoms with Crippen LogP contribution >= 0.6 is 11.6 Å². The van der Waals surface area contributed by atoms with Gasteiger partial charge in [0.25, 0.3) is 5.91 Å². The molecule has 176 valence electrons. The number of para-hydroxylation sites is 1. The number of aryl methyl sites for hydroxylation is 4. The quantitative estimate of drug-likeness (QED) is 0.361. The first-order valence-corrected chi connectivity index (χ1v) is 11.0. The van der Waals surface area contributed by atoms with Crippen LogP contribution in [0.4, 0.5) is 10.2 Å². The Balaban J connectivity index is 1.49. The molecule has 0 unspecified atom stereocenters. The summed E-state index contributed by atoms with van der Waals surface area (Å²) in [5, 5.41) is 11.4. The van der Waals surface area contributed by atoms with Gasteiger partial charge in [0.2, 0.25) is 0 Å². The van der Waals surface area contributed by atoms with E-state index in [1.54, 1.807) is 23.7 Å². The van der Waals surface area contributed by atoms with Crippen LogP contribution in [0, 0.1) is 33.5 Å². The molecule has 7 nitrogen and oxygen atoms in total. The summed E-state index contributed by atoms with van der Waals surface area (Å²) in [6.45, 7) is 7.99. The van der Waals surface area contributed by atoms with Crippen LogP contribution in [0.2, 0.25) is 5.02 Å². The predicted molar refractivity (Wildman–Crippen MR) is 127 cm³/mol. The summed E-state index contributed by atoms with van der Waals surface area (Å²) in [4.78, 5) is 13.0. The summed E-state index contributed by atoms with van der Waals surface area (Å²) < 4.78 is 26.3. The van der Waals surface area contributed by atoms with Crippen molar-refractivity contribution in [3.8, 4) is 5.75 Å². The van der Waals surface area contributed by atoms with Crippen LogP contribution in [0.25, 0.3) is 0 Å². The number of hydrogen-bond donors (Lipinski definition) is 1. The molecule has 0 saturated carbocycles. The van der Waals surface area contributed by atoms with E-state index < -0.39 is 11.7 Å². The van der Waals surface area contributed by atoms with Crippen molar-refractivity contribution in [2.24, 2.45) is 0 Å². The molecule has 2 aromatic carbocycles. The SMILES string of the molecule is Cc1cccc(C)c1OCc1c(C(=O)Nc2cc(C)n(Cc3ccc(F)cc3Cl)n2)noc1C. The minimum atomic E-state index is -0.457. The molecule has 0 bridgehead atoms. The number of anilines is 1. The van der Waals surface area contributed by atoms with Crippen molar-refractivity contribution in [2.75, 3.05) is 5.32 Å². The van der Waals surface area contributed by atoms with Gasteiger partial charge in [0.05, 0.1) is 12.1 Å². The minimum absolute atomic E-state index is 0.137. The second-order valence-electron chi connectivity index (χ2n) is 8.09. The van der Waals surface area contributed by atoms with Crippen molar-refractivity contribution in [3.63, 3.8) is 0 Å². The number of rotatable bonds is 7. The number of amides is 1. The second kappa shape index (κ2) is 9.69. The molecule has 0 fully saturated rings. The minimum Gasteiger partial charge on any atom is -0.488 e. The van der Waals surface area contributed by atoms with Gasteiger partial charge in [-0.25, -0.2) is 4.39 Å². The van der Waals surface area contributed by atoms with Crippen LogP contribution < -0.4 is 10.1 Å². The molecule has 0 aliphatic rings. The van der Waals surface area contributed by atoms with Gasteiger partial charge >= 0.3 is 0 Å². The van der Waals surface area contributed by atoms with Crippen molar-refractivity contribution in [3.05, 3.63) is 92.7 Å². The van der Waals surface area contributed by atoms with E-state index >= 15 is 0 Å². The third-order valence-corrected chi connectivity index (χ3v) is 5.88. The summed E-state index contributed by atoms with van der Waals surface area (Å²) in [5.74, 6) is 0.760. The van der Waals surface area contributed by atoms with Crippen LogP contribution in [0.15, 0.2) is 47.0 Å². The first kappa shape index (κ1) is 23.5. The van der Waals surface area contributed by atoms with Gasteiger partial charge in [0.1, 0.15) is 23.9 Å². The van der Waals surface area contributed by atoms with Crippen molar-refractivity contribution < 1.29 is 18.4 Å². The van der Waals surface area contributed by atoms with Gasteiger partial charge in [-0.2, -0.15) is 5.10 Å². The topological polar surface area (TPSA) is 82.2 Å². The van der Waals surface area contributed by atoms with Crippen molar-refractivity contribution >= 4 is 23.3 Å². The first-order valence-electron chi connectivity index (χ1n) is 10.7. The lowest BCUT2D eigenvalue weighted by Crippen LogP contribution is -2.16. The number of carbonyl (C=O) groups excluding carboxylic acids is 1. The fraction of sp³-hybridized carbons (Fsp3) is 0.240. The van der Waals surface area contributed by atoms with Gasteiger partial charge in [-0.3, -0.25) is 9.48 Å². The fourth-order valence-electron chi connectivity index (χ4n) is 3.63. The van der Waals surface area contributed by atoms with Gasteiger partial charge in [0, 0.05) is 16.8 Å². The van der Waals surface area contributed by atoms with E-state index in [0.29, 0.717) is 34.3 Å². The molecule has 0 spiro atoms. The lowest BCUT2D eigenvalue weighted by atomic mass is 10.1. The molecule has 0 aliphatic heterocycles. The molecule has 0 radical (unpaired) electrons. The van der Waals surface area contributed by atoms with Crippen LogP contribution in [0.3, 0.4) is 0 Å². The van der Waals surface area contributed by atoms with E-state index in [9.17, 15) is 9.18 Å². The molecule has 0 aliphatic carbocycles. The van der Waals surface area contributed by atoms with Crippen LogP contribution in [0.1, 0.15) is 44.2 Å². The standard InChI is InChI=1S/C25H24ClFN4O3/c1-14-6-5-7-15(2)24(14)33-13-20-17(4)34-30-23(20)25(32)28-22-10-16(3)31(29-22)12-18-8-9-19(27)11-21(18)26/h5-11H,12-13H2,1-4H3,(H,28,29,32). The van der Waals surface area contributed by atoms with Crippen molar-refractivity contribution in [1.29, 1.82) is 0 Å². The number of benzene rings is 2. The number of carbonyl (C=O) groups is 1. The first-order chi connectivity index (χ1) is 16.2. The maximum Gasteiger partial charge on any atom is 0.279 e. The number of hydrogen-bond acceptors (Lipinski definition) is 5. The Kier molecular flexibility index (Phi) is 6.70. The van der Waals surface area contributed by atoms with E-state index in [0.717, 1.165) is 22.6 Å². The van der Waals surface area contributed by atoms with Crippen LogP contribution in [-0.4, -0.2) is 20.8 Å². The van der Waals surface area contributed by atoms with Crippen LogP contribution in [0.5, 0.6) is 5.75 Å². The van der Waals surface area contributed by atoms with E-state index in [1.165, 1.54) is 12.1 Å². The maximum atomic E-state index is 13.3. The number of ether oxygens (including phenoxy) is 1. The number of halogens is 2. The Labute approximate surface area is 201 Å². The third kappa shape index (κ3) is 4.97. The molecule has 1 N–H and O–H groups in total. The summed E-state index contributed by atoms with van der Waals surface area (Å²) in [5.41, 5.74) is 4.22. The third-order valence-electron chi connectivity index (χ3n) is 5.53. The van der Waals surface area contributed by atoms with E-state index in [-0.39, 0.29) is 12.3 Å². The average molecular weight is 483 g/mol. The maximum absolute atomic E-state index is 13.3. The average Bonchev–Trinajstić information content (AvgIpc) is 3.31. The zero-order valence-electron chi connectivity index (χ0n) is 19.3. The van der Waals surface area contributed by atoms with Gasteiger partial charge in [-0.05, 0) is 56.5 Å². The zero-order valence-corrected chi connectivity index (χ0v) is 20.0. The van der Waals surface area contributed by atoms with Crippen molar-refractivity contribution in [1.82, 2.24) is 14.9 Å². The smallest absolute Gasteiger partial charge is 0.279 e. The monoisotopic (exact) mass is 482 g/mol. The predicted octanol–water partition coefficient (Wildman–Crippen LogP) is 5.78. The molecule has 1 amide bonds. The lowest BCUT2D eigenvalue weighted by molar-refractivity contribution is 0.101. The largest absolute Gasteiger partial charge is 0.488 e. The van der Waals surface area contributed by atoms with Gasteiger partial charge < -0.3 is 14.6 Å². The Hall–Kier alpha value is -3.65. The van der Waals surface area contributed by atoms with Crippen molar-refractivity contribution in [2.45, 2.75) is 40.8 Å². The zero-order chi connectivity index (χ0) is 24.4. The van der Waals surface area contributed by atoms with E-state index in [4.69, 9.17) is 20.9 Å². The molecule has 2 heterocycles. The molecule has 2 aromatic heterocycles. The summed E-state index contributed by atoms with van der Waals surface area (Å²) in [7, 11) is 0. The Bertz CT molecular complexity index is 1340. The molecule has 0 atom stereocenters. The Morgan fingerprint density at radius 1 is 1.15 bits per heavy atom.